The average Bonchev–Trinajstić information content (AvgIpc) is 3.03. The van der Waals surface area contributed by atoms with E-state index < -0.39 is 0 Å². The lowest BCUT2D eigenvalue weighted by atomic mass is 9.95. The van der Waals surface area contributed by atoms with E-state index in [0.29, 0.717) is 30.4 Å². The lowest BCUT2D eigenvalue weighted by Crippen LogP contribution is -2.48. The van der Waals surface area contributed by atoms with Crippen molar-refractivity contribution >= 4 is 17.2 Å². The van der Waals surface area contributed by atoms with Crippen LogP contribution in [-0.2, 0) is 11.3 Å². The van der Waals surface area contributed by atoms with Crippen LogP contribution in [0, 0.1) is 5.92 Å². The first-order valence-corrected chi connectivity index (χ1v) is 9.74. The summed E-state index contributed by atoms with van der Waals surface area (Å²) in [5.41, 5.74) is 6.13. The first-order valence-electron chi connectivity index (χ1n) is 8.86. The molecule has 0 unspecified atom stereocenters. The molecule has 0 spiro atoms. The van der Waals surface area contributed by atoms with E-state index in [0.717, 1.165) is 50.6 Å². The molecule has 24 heavy (non-hydrogen) atoms. The third-order valence-electron chi connectivity index (χ3n) is 4.86. The van der Waals surface area contributed by atoms with Crippen molar-refractivity contribution < 1.29 is 9.53 Å². The highest BCUT2D eigenvalue weighted by Gasteiger charge is 2.28. The lowest BCUT2D eigenvalue weighted by molar-refractivity contribution is -0.0728. The molecule has 2 atom stereocenters. The van der Waals surface area contributed by atoms with E-state index >= 15 is 0 Å². The number of aromatic nitrogens is 1. The number of likely N-dealkylation sites (tertiary alicyclic amines) is 1. The van der Waals surface area contributed by atoms with Crippen molar-refractivity contribution in [3.8, 4) is 0 Å². The minimum absolute atomic E-state index is 0.0537. The number of piperidine rings is 1. The summed E-state index contributed by atoms with van der Waals surface area (Å²) in [4.78, 5) is 21.3. The van der Waals surface area contributed by atoms with E-state index in [1.54, 1.807) is 0 Å². The van der Waals surface area contributed by atoms with Crippen LogP contribution in [0.1, 0.15) is 42.2 Å². The maximum Gasteiger partial charge on any atom is 0.273 e. The summed E-state index contributed by atoms with van der Waals surface area (Å²) >= 11 is 1.46. The smallest absolute Gasteiger partial charge is 0.273 e. The first-order chi connectivity index (χ1) is 11.5. The Morgan fingerprint density at radius 2 is 2.00 bits per heavy atom. The molecule has 0 saturated carbocycles. The predicted molar refractivity (Wildman–Crippen MR) is 95.1 cm³/mol. The van der Waals surface area contributed by atoms with Gasteiger partial charge in [-0.2, -0.15) is 0 Å². The van der Waals surface area contributed by atoms with E-state index in [2.05, 4.69) is 23.7 Å². The van der Waals surface area contributed by atoms with Gasteiger partial charge in [0.15, 0.2) is 0 Å². The number of ether oxygens (including phenoxy) is 1. The summed E-state index contributed by atoms with van der Waals surface area (Å²) in [6.45, 7) is 9.50. The number of morpholine rings is 1. The fourth-order valence-electron chi connectivity index (χ4n) is 3.78. The Bertz CT molecular complexity index is 547. The van der Waals surface area contributed by atoms with Gasteiger partial charge in [-0.25, -0.2) is 4.98 Å². The summed E-state index contributed by atoms with van der Waals surface area (Å²) in [5, 5.41) is 2.65. The van der Waals surface area contributed by atoms with Crippen molar-refractivity contribution in [2.75, 3.05) is 32.7 Å². The number of rotatable bonds is 4. The largest absolute Gasteiger partial charge is 0.373 e. The fourth-order valence-corrected chi connectivity index (χ4v) is 4.43. The molecule has 2 fully saturated rings. The maximum absolute atomic E-state index is 12.5. The second-order valence-electron chi connectivity index (χ2n) is 7.04. The summed E-state index contributed by atoms with van der Waals surface area (Å²) in [6, 6.07) is 0. The van der Waals surface area contributed by atoms with Crippen LogP contribution in [0.25, 0.3) is 0 Å². The molecule has 1 amide bonds. The number of carbonyl (C=O) groups is 1. The Morgan fingerprint density at radius 1 is 1.33 bits per heavy atom. The number of hydrogen-bond donors (Lipinski definition) is 1. The van der Waals surface area contributed by atoms with Gasteiger partial charge in [0.2, 0.25) is 0 Å². The summed E-state index contributed by atoms with van der Waals surface area (Å²) in [7, 11) is 0. The van der Waals surface area contributed by atoms with Gasteiger partial charge in [0, 0.05) is 44.6 Å². The van der Waals surface area contributed by atoms with E-state index in [1.807, 2.05) is 10.3 Å². The molecule has 3 rings (SSSR count). The SMILES string of the molecule is C[C@@H]1CN(CC2CCN(C(=O)c3csc(CN)n3)CC2)C[C@@H](C)O1. The number of nitrogens with zero attached hydrogens (tertiary/aromatic N) is 3. The van der Waals surface area contributed by atoms with Crippen molar-refractivity contribution in [2.24, 2.45) is 11.7 Å². The highest BCUT2D eigenvalue weighted by Crippen LogP contribution is 2.22. The maximum atomic E-state index is 12.5. The third-order valence-corrected chi connectivity index (χ3v) is 5.73. The number of nitrogens with two attached hydrogens (primary N) is 1. The van der Waals surface area contributed by atoms with Crippen LogP contribution in [0.3, 0.4) is 0 Å². The molecule has 0 bridgehead atoms. The van der Waals surface area contributed by atoms with Gasteiger partial charge in [0.1, 0.15) is 10.7 Å². The number of amides is 1. The van der Waals surface area contributed by atoms with Crippen molar-refractivity contribution in [2.45, 2.75) is 45.4 Å². The Hall–Kier alpha value is -1.02. The first kappa shape index (κ1) is 17.8. The molecule has 1 aromatic rings. The van der Waals surface area contributed by atoms with Gasteiger partial charge >= 0.3 is 0 Å². The van der Waals surface area contributed by atoms with Gasteiger partial charge in [0.25, 0.3) is 5.91 Å². The molecular formula is C17H28N4O2S. The Morgan fingerprint density at radius 3 is 2.58 bits per heavy atom. The zero-order valence-electron chi connectivity index (χ0n) is 14.6. The molecule has 2 aliphatic rings. The fraction of sp³-hybridized carbons (Fsp3) is 0.765. The van der Waals surface area contributed by atoms with Crippen molar-refractivity contribution in [1.82, 2.24) is 14.8 Å². The van der Waals surface area contributed by atoms with Crippen LogP contribution in [-0.4, -0.2) is 65.6 Å². The van der Waals surface area contributed by atoms with Crippen LogP contribution in [0.15, 0.2) is 5.38 Å². The Balaban J connectivity index is 1.47. The van der Waals surface area contributed by atoms with Gasteiger partial charge < -0.3 is 15.4 Å². The van der Waals surface area contributed by atoms with Crippen molar-refractivity contribution in [1.29, 1.82) is 0 Å². The van der Waals surface area contributed by atoms with E-state index in [1.165, 1.54) is 11.3 Å². The predicted octanol–water partition coefficient (Wildman–Crippen LogP) is 1.56. The van der Waals surface area contributed by atoms with Crippen LogP contribution < -0.4 is 5.73 Å². The summed E-state index contributed by atoms with van der Waals surface area (Å²) < 4.78 is 5.80. The van der Waals surface area contributed by atoms with Crippen LogP contribution in [0.2, 0.25) is 0 Å². The van der Waals surface area contributed by atoms with Gasteiger partial charge in [0.05, 0.1) is 12.2 Å². The van der Waals surface area contributed by atoms with Gasteiger partial charge in [-0.1, -0.05) is 0 Å². The van der Waals surface area contributed by atoms with Crippen molar-refractivity contribution in [3.05, 3.63) is 16.1 Å². The molecule has 2 saturated heterocycles. The monoisotopic (exact) mass is 352 g/mol. The highest BCUT2D eigenvalue weighted by molar-refractivity contribution is 7.09. The molecule has 2 N–H and O–H groups in total. The van der Waals surface area contributed by atoms with E-state index in [9.17, 15) is 4.79 Å². The average molecular weight is 353 g/mol. The van der Waals surface area contributed by atoms with E-state index in [-0.39, 0.29) is 5.91 Å². The molecule has 0 aromatic carbocycles. The molecule has 7 heteroatoms. The minimum atomic E-state index is 0.0537. The van der Waals surface area contributed by atoms with Crippen LogP contribution in [0.5, 0.6) is 0 Å². The second kappa shape index (κ2) is 7.91. The van der Waals surface area contributed by atoms with Gasteiger partial charge in [-0.3, -0.25) is 9.69 Å². The molecular weight excluding hydrogens is 324 g/mol. The van der Waals surface area contributed by atoms with Crippen LogP contribution in [0.4, 0.5) is 0 Å². The Kier molecular flexibility index (Phi) is 5.86. The molecule has 0 radical (unpaired) electrons. The second-order valence-corrected chi connectivity index (χ2v) is 7.98. The molecule has 6 nitrogen and oxygen atoms in total. The number of hydrogen-bond acceptors (Lipinski definition) is 6. The topological polar surface area (TPSA) is 71.7 Å². The summed E-state index contributed by atoms with van der Waals surface area (Å²) in [6.07, 6.45) is 2.77. The standard InChI is InChI=1S/C17H28N4O2S/c1-12-8-20(9-13(2)23-12)10-14-3-5-21(6-4-14)17(22)15-11-24-16(7-18)19-15/h11-14H,3-10,18H2,1-2H3/t12-,13-/m1/s1. The summed E-state index contributed by atoms with van der Waals surface area (Å²) in [5.74, 6) is 0.722. The number of thiazole rings is 1. The highest BCUT2D eigenvalue weighted by atomic mass is 32.1. The zero-order valence-corrected chi connectivity index (χ0v) is 15.4. The van der Waals surface area contributed by atoms with Gasteiger partial charge in [-0.05, 0) is 32.6 Å². The molecule has 134 valence electrons. The molecule has 0 aliphatic carbocycles. The van der Waals surface area contributed by atoms with Crippen molar-refractivity contribution in [3.63, 3.8) is 0 Å². The van der Waals surface area contributed by atoms with E-state index in [4.69, 9.17) is 10.5 Å². The van der Waals surface area contributed by atoms with Crippen LogP contribution >= 0.6 is 11.3 Å². The zero-order chi connectivity index (χ0) is 17.1. The molecule has 1 aromatic heterocycles. The third kappa shape index (κ3) is 4.33. The quantitative estimate of drug-likeness (QED) is 0.890. The van der Waals surface area contributed by atoms with Gasteiger partial charge in [-0.15, -0.1) is 11.3 Å². The minimum Gasteiger partial charge on any atom is -0.373 e. The molecule has 3 heterocycles. The number of carbonyl (C=O) groups excluding carboxylic acids is 1. The molecule has 2 aliphatic heterocycles. The lowest BCUT2D eigenvalue weighted by Gasteiger charge is -2.39. The normalized spacial score (nSPS) is 26.7. The Labute approximate surface area is 148 Å².